The number of carbonyl (C=O) groups is 1. The first-order valence-corrected chi connectivity index (χ1v) is 10.4. The summed E-state index contributed by atoms with van der Waals surface area (Å²) in [5.41, 5.74) is 0.0523. The van der Waals surface area contributed by atoms with E-state index in [0.717, 1.165) is 6.26 Å². The minimum Gasteiger partial charge on any atom is -0.449 e. The third-order valence-corrected chi connectivity index (χ3v) is 5.51. The second-order valence-electron chi connectivity index (χ2n) is 6.44. The first-order valence-electron chi connectivity index (χ1n) is 7.76. The molecule has 0 unspecified atom stereocenters. The summed E-state index contributed by atoms with van der Waals surface area (Å²) in [6, 6.07) is 7.55. The molecule has 6 nitrogen and oxygen atoms in total. The fourth-order valence-corrected chi connectivity index (χ4v) is 3.77. The maximum absolute atomic E-state index is 12.4. The molecule has 142 valence electrons. The monoisotopic (exact) mass is 427 g/mol. The van der Waals surface area contributed by atoms with Gasteiger partial charge in [-0.2, -0.15) is 0 Å². The van der Waals surface area contributed by atoms with Gasteiger partial charge in [0.1, 0.15) is 10.6 Å². The minimum absolute atomic E-state index is 0.0102. The van der Waals surface area contributed by atoms with Gasteiger partial charge in [-0.05, 0) is 37.6 Å². The van der Waals surface area contributed by atoms with Crippen molar-refractivity contribution >= 4 is 44.6 Å². The largest absolute Gasteiger partial charge is 0.449 e. The van der Waals surface area contributed by atoms with Gasteiger partial charge in [-0.3, -0.25) is 0 Å². The van der Waals surface area contributed by atoms with Crippen LogP contribution in [0.25, 0.3) is 5.57 Å². The number of cyclic esters (lactones) is 1. The van der Waals surface area contributed by atoms with E-state index >= 15 is 0 Å². The SMILES string of the molecule is CC1(C)OC(=O)C(Oc2ncc(Cl)cc2Cl)=C1c1ccc(S(C)(=O)=O)cc1. The molecule has 2 aromatic rings. The van der Waals surface area contributed by atoms with Gasteiger partial charge >= 0.3 is 5.97 Å². The van der Waals surface area contributed by atoms with Gasteiger partial charge in [-0.1, -0.05) is 35.3 Å². The van der Waals surface area contributed by atoms with Gasteiger partial charge in [-0.15, -0.1) is 0 Å². The van der Waals surface area contributed by atoms with Crippen molar-refractivity contribution in [2.24, 2.45) is 0 Å². The highest BCUT2D eigenvalue weighted by molar-refractivity contribution is 7.90. The van der Waals surface area contributed by atoms with Crippen molar-refractivity contribution in [2.45, 2.75) is 24.3 Å². The zero-order valence-corrected chi connectivity index (χ0v) is 16.9. The van der Waals surface area contributed by atoms with Gasteiger partial charge in [0.2, 0.25) is 11.6 Å². The number of hydrogen-bond donors (Lipinski definition) is 0. The number of benzene rings is 1. The quantitative estimate of drug-likeness (QED) is 0.687. The average Bonchev–Trinajstić information content (AvgIpc) is 2.77. The lowest BCUT2D eigenvalue weighted by Crippen LogP contribution is -2.22. The molecule has 0 bridgehead atoms. The fourth-order valence-electron chi connectivity index (χ4n) is 2.72. The summed E-state index contributed by atoms with van der Waals surface area (Å²) in [4.78, 5) is 16.5. The summed E-state index contributed by atoms with van der Waals surface area (Å²) in [6.45, 7) is 3.41. The third-order valence-electron chi connectivity index (χ3n) is 3.91. The molecule has 27 heavy (non-hydrogen) atoms. The van der Waals surface area contributed by atoms with E-state index in [-0.39, 0.29) is 21.6 Å². The molecule has 0 atom stereocenters. The summed E-state index contributed by atoms with van der Waals surface area (Å²) >= 11 is 11.9. The van der Waals surface area contributed by atoms with Crippen molar-refractivity contribution in [1.29, 1.82) is 0 Å². The van der Waals surface area contributed by atoms with Crippen molar-refractivity contribution < 1.29 is 22.7 Å². The van der Waals surface area contributed by atoms with Crippen LogP contribution in [-0.2, 0) is 19.4 Å². The molecule has 1 aliphatic rings. The minimum atomic E-state index is -3.34. The number of nitrogens with zero attached hydrogens (tertiary/aromatic N) is 1. The number of carbonyl (C=O) groups excluding carboxylic acids is 1. The third kappa shape index (κ3) is 3.95. The topological polar surface area (TPSA) is 82.6 Å². The van der Waals surface area contributed by atoms with E-state index in [0.29, 0.717) is 16.2 Å². The number of esters is 1. The Bertz CT molecular complexity index is 1060. The van der Waals surface area contributed by atoms with Crippen LogP contribution in [0.1, 0.15) is 19.4 Å². The number of hydrogen-bond acceptors (Lipinski definition) is 6. The van der Waals surface area contributed by atoms with Crippen molar-refractivity contribution in [3.8, 4) is 5.88 Å². The molecule has 9 heteroatoms. The highest BCUT2D eigenvalue weighted by Crippen LogP contribution is 2.41. The van der Waals surface area contributed by atoms with Gasteiger partial charge < -0.3 is 9.47 Å². The lowest BCUT2D eigenvalue weighted by molar-refractivity contribution is -0.145. The summed E-state index contributed by atoms with van der Waals surface area (Å²) in [5, 5.41) is 0.464. The molecule has 0 saturated heterocycles. The highest BCUT2D eigenvalue weighted by atomic mass is 35.5. The predicted octanol–water partition coefficient (Wildman–Crippen LogP) is 3.92. The van der Waals surface area contributed by atoms with E-state index < -0.39 is 21.4 Å². The van der Waals surface area contributed by atoms with Crippen LogP contribution in [0.2, 0.25) is 10.0 Å². The van der Waals surface area contributed by atoms with Crippen LogP contribution in [0.4, 0.5) is 0 Å². The van der Waals surface area contributed by atoms with Gasteiger partial charge in [-0.25, -0.2) is 18.2 Å². The molecular weight excluding hydrogens is 413 g/mol. The average molecular weight is 428 g/mol. The second-order valence-corrected chi connectivity index (χ2v) is 9.30. The zero-order valence-electron chi connectivity index (χ0n) is 14.6. The van der Waals surface area contributed by atoms with E-state index in [2.05, 4.69) is 4.98 Å². The molecule has 0 fully saturated rings. The number of rotatable bonds is 4. The van der Waals surface area contributed by atoms with E-state index in [9.17, 15) is 13.2 Å². The predicted molar refractivity (Wildman–Crippen MR) is 102 cm³/mol. The Kier molecular flexibility index (Phi) is 4.96. The first-order chi connectivity index (χ1) is 12.5. The Morgan fingerprint density at radius 3 is 2.33 bits per heavy atom. The van der Waals surface area contributed by atoms with Crippen LogP contribution >= 0.6 is 23.2 Å². The summed E-state index contributed by atoms with van der Waals surface area (Å²) in [7, 11) is -3.34. The molecule has 0 radical (unpaired) electrons. The van der Waals surface area contributed by atoms with Gasteiger partial charge in [0.15, 0.2) is 9.84 Å². The molecule has 3 rings (SSSR count). The zero-order chi connectivity index (χ0) is 20.0. The molecule has 0 aliphatic carbocycles. The number of pyridine rings is 1. The summed E-state index contributed by atoms with van der Waals surface area (Å²) in [5.74, 6) is -0.727. The fraction of sp³-hybridized carbons (Fsp3) is 0.222. The van der Waals surface area contributed by atoms with Gasteiger partial charge in [0.05, 0.1) is 15.5 Å². The van der Waals surface area contributed by atoms with Crippen LogP contribution in [0.15, 0.2) is 47.2 Å². The molecule has 0 spiro atoms. The van der Waals surface area contributed by atoms with Crippen molar-refractivity contribution in [2.75, 3.05) is 6.26 Å². The number of halogens is 2. The number of ether oxygens (including phenoxy) is 2. The maximum atomic E-state index is 12.4. The Balaban J connectivity index is 2.10. The maximum Gasteiger partial charge on any atom is 0.375 e. The Hall–Kier alpha value is -2.09. The van der Waals surface area contributed by atoms with Crippen LogP contribution < -0.4 is 4.74 Å². The summed E-state index contributed by atoms with van der Waals surface area (Å²) in [6.07, 6.45) is 2.46. The lowest BCUT2D eigenvalue weighted by atomic mass is 9.92. The van der Waals surface area contributed by atoms with Gasteiger partial charge in [0, 0.05) is 12.5 Å². The van der Waals surface area contributed by atoms with Crippen molar-refractivity contribution in [3.63, 3.8) is 0 Å². The van der Waals surface area contributed by atoms with Crippen LogP contribution in [0.3, 0.4) is 0 Å². The molecule has 2 heterocycles. The van der Waals surface area contributed by atoms with Crippen LogP contribution in [-0.4, -0.2) is 31.2 Å². The van der Waals surface area contributed by atoms with E-state index in [4.69, 9.17) is 32.7 Å². The van der Waals surface area contributed by atoms with E-state index in [1.54, 1.807) is 26.0 Å². The molecule has 0 N–H and O–H groups in total. The standard InChI is InChI=1S/C18H15Cl2NO5S/c1-18(2)14(10-4-6-12(7-5-10)27(3,23)24)15(17(22)26-18)25-16-13(20)8-11(19)9-21-16/h4-9H,1-3H3. The van der Waals surface area contributed by atoms with Crippen LogP contribution in [0, 0.1) is 0 Å². The van der Waals surface area contributed by atoms with E-state index in [1.165, 1.54) is 24.4 Å². The van der Waals surface area contributed by atoms with E-state index in [1.807, 2.05) is 0 Å². The van der Waals surface area contributed by atoms with Crippen LogP contribution in [0.5, 0.6) is 5.88 Å². The normalized spacial score (nSPS) is 16.4. The molecule has 1 aromatic carbocycles. The van der Waals surface area contributed by atoms with Crippen molar-refractivity contribution in [3.05, 3.63) is 57.9 Å². The molecular formula is C18H15Cl2NO5S. The van der Waals surface area contributed by atoms with Crippen molar-refractivity contribution in [1.82, 2.24) is 4.98 Å². The first kappa shape index (κ1) is 19.7. The Morgan fingerprint density at radius 2 is 1.78 bits per heavy atom. The molecule has 1 aliphatic heterocycles. The number of sulfone groups is 1. The molecule has 0 saturated carbocycles. The molecule has 0 amide bonds. The lowest BCUT2D eigenvalue weighted by Gasteiger charge is -2.21. The highest BCUT2D eigenvalue weighted by Gasteiger charge is 2.43. The molecule has 1 aromatic heterocycles. The number of aromatic nitrogens is 1. The van der Waals surface area contributed by atoms with Gasteiger partial charge in [0.25, 0.3) is 0 Å². The summed E-state index contributed by atoms with van der Waals surface area (Å²) < 4.78 is 34.4. The Morgan fingerprint density at radius 1 is 1.15 bits per heavy atom. The smallest absolute Gasteiger partial charge is 0.375 e. The second kappa shape index (κ2) is 6.82. The Labute approximate surface area is 166 Å².